The van der Waals surface area contributed by atoms with Crippen molar-refractivity contribution < 1.29 is 14.7 Å². The molecule has 1 saturated heterocycles. The Morgan fingerprint density at radius 2 is 1.76 bits per heavy atom. The number of aryl methyl sites for hydroxylation is 1. The van der Waals surface area contributed by atoms with E-state index in [9.17, 15) is 14.7 Å². The summed E-state index contributed by atoms with van der Waals surface area (Å²) in [6.45, 7) is 3.13. The number of aliphatic hydroxyl groups is 1. The maximum Gasteiger partial charge on any atom is 0.254 e. The number of hydrogen-bond donors (Lipinski definition) is 2. The van der Waals surface area contributed by atoms with Crippen LogP contribution in [0.4, 0.5) is 0 Å². The summed E-state index contributed by atoms with van der Waals surface area (Å²) in [5.74, 6) is -0.162. The van der Waals surface area contributed by atoms with Crippen LogP contribution in [0.1, 0.15) is 60.9 Å². The van der Waals surface area contributed by atoms with Crippen molar-refractivity contribution in [2.75, 3.05) is 13.1 Å². The van der Waals surface area contributed by atoms with Crippen LogP contribution in [0.15, 0.2) is 24.3 Å². The molecule has 0 radical (unpaired) electrons. The van der Waals surface area contributed by atoms with Crippen molar-refractivity contribution >= 4 is 11.8 Å². The lowest BCUT2D eigenvalue weighted by Crippen LogP contribution is -2.54. The van der Waals surface area contributed by atoms with Crippen LogP contribution in [0, 0.1) is 6.92 Å². The van der Waals surface area contributed by atoms with Crippen LogP contribution >= 0.6 is 0 Å². The monoisotopic (exact) mass is 344 g/mol. The van der Waals surface area contributed by atoms with E-state index in [0.29, 0.717) is 31.5 Å². The molecule has 0 spiro atoms. The first-order valence-corrected chi connectivity index (χ1v) is 9.38. The van der Waals surface area contributed by atoms with E-state index >= 15 is 0 Å². The van der Waals surface area contributed by atoms with Crippen LogP contribution in [0.25, 0.3) is 0 Å². The van der Waals surface area contributed by atoms with Gasteiger partial charge in [0.1, 0.15) is 5.60 Å². The summed E-state index contributed by atoms with van der Waals surface area (Å²) in [4.78, 5) is 26.9. The Labute approximate surface area is 149 Å². The zero-order valence-corrected chi connectivity index (χ0v) is 15.0. The van der Waals surface area contributed by atoms with Crippen molar-refractivity contribution in [3.8, 4) is 0 Å². The fourth-order valence-electron chi connectivity index (χ4n) is 3.96. The Hall–Kier alpha value is -1.88. The summed E-state index contributed by atoms with van der Waals surface area (Å²) in [5, 5.41) is 13.7. The average Bonchev–Trinajstić information content (AvgIpc) is 2.62. The van der Waals surface area contributed by atoms with Crippen molar-refractivity contribution in [3.63, 3.8) is 0 Å². The van der Waals surface area contributed by atoms with E-state index in [1.54, 1.807) is 4.90 Å². The molecule has 1 saturated carbocycles. The molecule has 0 aromatic heterocycles. The number of carbonyl (C=O) groups is 2. The minimum Gasteiger partial charge on any atom is -0.380 e. The van der Waals surface area contributed by atoms with Crippen LogP contribution in [-0.2, 0) is 4.79 Å². The van der Waals surface area contributed by atoms with Gasteiger partial charge in [-0.25, -0.2) is 0 Å². The molecule has 2 N–H and O–H groups in total. The van der Waals surface area contributed by atoms with Gasteiger partial charge in [-0.2, -0.15) is 0 Å². The van der Waals surface area contributed by atoms with Gasteiger partial charge < -0.3 is 15.3 Å². The van der Waals surface area contributed by atoms with Gasteiger partial charge in [-0.15, -0.1) is 0 Å². The minimum absolute atomic E-state index is 0.0474. The molecule has 3 rings (SSSR count). The lowest BCUT2D eigenvalue weighted by Gasteiger charge is -2.39. The van der Waals surface area contributed by atoms with Gasteiger partial charge in [0.2, 0.25) is 0 Å². The number of nitrogens with zero attached hydrogens (tertiary/aromatic N) is 1. The van der Waals surface area contributed by atoms with Crippen LogP contribution in [0.2, 0.25) is 0 Å². The smallest absolute Gasteiger partial charge is 0.254 e. The first-order chi connectivity index (χ1) is 12.0. The molecular formula is C20H28N2O3. The van der Waals surface area contributed by atoms with E-state index in [-0.39, 0.29) is 17.9 Å². The standard InChI is InChI=1S/C20H28N2O3/c1-15-7-3-4-8-17(15)18(23)21-16-9-13-22(14-10-16)19(24)20(25)11-5-2-6-12-20/h3-4,7-8,16,25H,2,5-6,9-14H2,1H3,(H,21,23). The molecule has 25 heavy (non-hydrogen) atoms. The molecule has 5 heteroatoms. The van der Waals surface area contributed by atoms with Gasteiger partial charge in [0.25, 0.3) is 11.8 Å². The highest BCUT2D eigenvalue weighted by Gasteiger charge is 2.40. The Balaban J connectivity index is 1.53. The van der Waals surface area contributed by atoms with E-state index in [1.807, 2.05) is 31.2 Å². The maximum absolute atomic E-state index is 12.7. The predicted octanol–water partition coefficient (Wildman–Crippen LogP) is 2.41. The molecule has 1 aromatic carbocycles. The zero-order chi connectivity index (χ0) is 17.9. The number of rotatable bonds is 3. The van der Waals surface area contributed by atoms with Gasteiger partial charge in [0, 0.05) is 24.7 Å². The lowest BCUT2D eigenvalue weighted by atomic mass is 9.83. The summed E-state index contributed by atoms with van der Waals surface area (Å²) >= 11 is 0. The summed E-state index contributed by atoms with van der Waals surface area (Å²) < 4.78 is 0. The fourth-order valence-corrected chi connectivity index (χ4v) is 3.96. The summed E-state index contributed by atoms with van der Waals surface area (Å²) in [5.41, 5.74) is 0.514. The summed E-state index contributed by atoms with van der Waals surface area (Å²) in [7, 11) is 0. The van der Waals surface area contributed by atoms with Gasteiger partial charge in [0.15, 0.2) is 0 Å². The van der Waals surface area contributed by atoms with Crippen molar-refractivity contribution in [1.29, 1.82) is 0 Å². The van der Waals surface area contributed by atoms with Crippen LogP contribution < -0.4 is 5.32 Å². The van der Waals surface area contributed by atoms with E-state index in [2.05, 4.69) is 5.32 Å². The number of piperidine rings is 1. The highest BCUT2D eigenvalue weighted by atomic mass is 16.3. The van der Waals surface area contributed by atoms with Crippen LogP contribution in [0.5, 0.6) is 0 Å². The Morgan fingerprint density at radius 1 is 1.12 bits per heavy atom. The number of carbonyl (C=O) groups excluding carboxylic acids is 2. The van der Waals surface area contributed by atoms with E-state index in [0.717, 1.165) is 37.7 Å². The van der Waals surface area contributed by atoms with E-state index in [4.69, 9.17) is 0 Å². The quantitative estimate of drug-likeness (QED) is 0.885. The van der Waals surface area contributed by atoms with Crippen molar-refractivity contribution in [3.05, 3.63) is 35.4 Å². The Kier molecular flexibility index (Phi) is 5.42. The minimum atomic E-state index is -1.16. The van der Waals surface area contributed by atoms with Gasteiger partial charge in [0.05, 0.1) is 0 Å². The fraction of sp³-hybridized carbons (Fsp3) is 0.600. The molecule has 1 aromatic rings. The Morgan fingerprint density at radius 3 is 2.40 bits per heavy atom. The van der Waals surface area contributed by atoms with Gasteiger partial charge in [-0.05, 0) is 44.2 Å². The van der Waals surface area contributed by atoms with Crippen LogP contribution in [-0.4, -0.2) is 46.6 Å². The SMILES string of the molecule is Cc1ccccc1C(=O)NC1CCN(C(=O)C2(O)CCCCC2)CC1. The summed E-state index contributed by atoms with van der Waals surface area (Å²) in [6.07, 6.45) is 5.57. The number of hydrogen-bond acceptors (Lipinski definition) is 3. The molecule has 136 valence electrons. The highest BCUT2D eigenvalue weighted by molar-refractivity contribution is 5.95. The third-order valence-electron chi connectivity index (χ3n) is 5.59. The molecule has 2 fully saturated rings. The highest BCUT2D eigenvalue weighted by Crippen LogP contribution is 2.30. The molecule has 1 aliphatic carbocycles. The molecule has 5 nitrogen and oxygen atoms in total. The second-order valence-corrected chi connectivity index (χ2v) is 7.45. The first kappa shape index (κ1) is 17.9. The third kappa shape index (κ3) is 4.03. The van der Waals surface area contributed by atoms with Gasteiger partial charge >= 0.3 is 0 Å². The largest absolute Gasteiger partial charge is 0.380 e. The van der Waals surface area contributed by atoms with Crippen molar-refractivity contribution in [1.82, 2.24) is 10.2 Å². The van der Waals surface area contributed by atoms with Crippen LogP contribution in [0.3, 0.4) is 0 Å². The topological polar surface area (TPSA) is 69.6 Å². The molecule has 0 atom stereocenters. The lowest BCUT2D eigenvalue weighted by molar-refractivity contribution is -0.155. The maximum atomic E-state index is 12.7. The number of likely N-dealkylation sites (tertiary alicyclic amines) is 1. The van der Waals surface area contributed by atoms with E-state index < -0.39 is 5.60 Å². The summed E-state index contributed by atoms with van der Waals surface area (Å²) in [6, 6.07) is 7.64. The van der Waals surface area contributed by atoms with Crippen molar-refractivity contribution in [2.45, 2.75) is 63.5 Å². The van der Waals surface area contributed by atoms with Gasteiger partial charge in [-0.1, -0.05) is 37.5 Å². The number of amides is 2. The molecular weight excluding hydrogens is 316 g/mol. The second kappa shape index (κ2) is 7.56. The normalized spacial score (nSPS) is 21.0. The van der Waals surface area contributed by atoms with Gasteiger partial charge in [-0.3, -0.25) is 9.59 Å². The Bertz CT molecular complexity index is 630. The number of nitrogens with one attached hydrogen (secondary N) is 1. The number of benzene rings is 1. The molecule has 1 heterocycles. The molecule has 2 aliphatic rings. The predicted molar refractivity (Wildman–Crippen MR) is 96.3 cm³/mol. The second-order valence-electron chi connectivity index (χ2n) is 7.45. The average molecular weight is 344 g/mol. The molecule has 0 bridgehead atoms. The third-order valence-corrected chi connectivity index (χ3v) is 5.59. The van der Waals surface area contributed by atoms with E-state index in [1.165, 1.54) is 0 Å². The molecule has 2 amide bonds. The molecule has 1 aliphatic heterocycles. The van der Waals surface area contributed by atoms with Crippen molar-refractivity contribution in [2.24, 2.45) is 0 Å². The zero-order valence-electron chi connectivity index (χ0n) is 15.0. The molecule has 0 unspecified atom stereocenters. The first-order valence-electron chi connectivity index (χ1n) is 9.38.